The molecule has 6 rings (SSSR count). The number of benzene rings is 2. The van der Waals surface area contributed by atoms with Gasteiger partial charge in [-0.15, -0.1) is 0 Å². The standard InChI is InChI=1S/C25H24N4O2/c30-24(22-12-18-8-4-5-9-21(18)27-22)28-10-11-29-23(16-28)20(15-26-29)25(31)13-19(14-25)17-6-2-1-3-7-17/h1-9,12,15,19,27,31H,10-11,13-14,16H2. The third kappa shape index (κ3) is 2.98. The van der Waals surface area contributed by atoms with Crippen molar-refractivity contribution < 1.29 is 9.90 Å². The Morgan fingerprint density at radius 3 is 2.65 bits per heavy atom. The number of rotatable bonds is 3. The van der Waals surface area contributed by atoms with E-state index in [0.29, 0.717) is 44.1 Å². The van der Waals surface area contributed by atoms with Crippen LogP contribution in [0.3, 0.4) is 0 Å². The molecule has 0 saturated heterocycles. The minimum absolute atomic E-state index is 0.0163. The number of aromatic nitrogens is 3. The van der Waals surface area contributed by atoms with Gasteiger partial charge in [-0.25, -0.2) is 0 Å². The predicted molar refractivity (Wildman–Crippen MR) is 118 cm³/mol. The molecule has 1 aliphatic heterocycles. The average molecular weight is 412 g/mol. The highest BCUT2D eigenvalue weighted by molar-refractivity contribution is 5.98. The number of nitrogens with zero attached hydrogens (tertiary/aromatic N) is 3. The third-order valence-corrected chi connectivity index (χ3v) is 6.86. The molecule has 2 aromatic carbocycles. The Bertz CT molecular complexity index is 1230. The summed E-state index contributed by atoms with van der Waals surface area (Å²) in [5.74, 6) is 0.340. The Kier molecular flexibility index (Phi) is 4.05. The van der Waals surface area contributed by atoms with Crippen LogP contribution < -0.4 is 0 Å². The summed E-state index contributed by atoms with van der Waals surface area (Å²) >= 11 is 0. The van der Waals surface area contributed by atoms with Gasteiger partial charge in [0, 0.05) is 23.0 Å². The summed E-state index contributed by atoms with van der Waals surface area (Å²) < 4.78 is 1.94. The van der Waals surface area contributed by atoms with E-state index in [4.69, 9.17) is 0 Å². The van der Waals surface area contributed by atoms with E-state index in [1.165, 1.54) is 5.56 Å². The number of carbonyl (C=O) groups excluding carboxylic acids is 1. The van der Waals surface area contributed by atoms with Crippen LogP contribution in [-0.4, -0.2) is 37.2 Å². The maximum absolute atomic E-state index is 13.2. The highest BCUT2D eigenvalue weighted by atomic mass is 16.3. The molecular weight excluding hydrogens is 388 g/mol. The van der Waals surface area contributed by atoms with Crippen LogP contribution in [0, 0.1) is 0 Å². The fraction of sp³-hybridized carbons (Fsp3) is 0.280. The van der Waals surface area contributed by atoms with E-state index in [0.717, 1.165) is 22.2 Å². The highest BCUT2D eigenvalue weighted by Crippen LogP contribution is 2.51. The summed E-state index contributed by atoms with van der Waals surface area (Å²) in [4.78, 5) is 18.3. The van der Waals surface area contributed by atoms with Gasteiger partial charge < -0.3 is 15.0 Å². The van der Waals surface area contributed by atoms with Gasteiger partial charge in [0.15, 0.2) is 0 Å². The third-order valence-electron chi connectivity index (χ3n) is 6.86. The average Bonchev–Trinajstić information content (AvgIpc) is 3.41. The van der Waals surface area contributed by atoms with Gasteiger partial charge in [0.1, 0.15) is 5.69 Å². The lowest BCUT2D eigenvalue weighted by molar-refractivity contribution is -0.0563. The van der Waals surface area contributed by atoms with Crippen LogP contribution in [0.2, 0.25) is 0 Å². The van der Waals surface area contributed by atoms with E-state index in [1.54, 1.807) is 6.20 Å². The summed E-state index contributed by atoms with van der Waals surface area (Å²) in [5, 5.41) is 16.9. The molecule has 2 N–H and O–H groups in total. The number of aliphatic hydroxyl groups is 1. The topological polar surface area (TPSA) is 74.2 Å². The number of hydrogen-bond acceptors (Lipinski definition) is 3. The molecule has 6 nitrogen and oxygen atoms in total. The van der Waals surface area contributed by atoms with Crippen molar-refractivity contribution in [3.63, 3.8) is 0 Å². The Balaban J connectivity index is 1.23. The second kappa shape index (κ2) is 6.82. The molecule has 156 valence electrons. The molecule has 4 aromatic rings. The minimum atomic E-state index is -0.874. The molecule has 31 heavy (non-hydrogen) atoms. The molecule has 3 heterocycles. The van der Waals surface area contributed by atoms with Gasteiger partial charge in [-0.3, -0.25) is 9.48 Å². The van der Waals surface area contributed by atoms with Crippen molar-refractivity contribution in [3.05, 3.63) is 89.4 Å². The highest BCUT2D eigenvalue weighted by Gasteiger charge is 2.47. The molecule has 1 saturated carbocycles. The molecule has 1 aliphatic carbocycles. The SMILES string of the molecule is O=C(c1cc2ccccc2[nH]1)N1CCn2ncc(C3(O)CC(c4ccccc4)C3)c2C1. The number of aromatic amines is 1. The first kappa shape index (κ1) is 18.4. The van der Waals surface area contributed by atoms with Gasteiger partial charge in [-0.1, -0.05) is 48.5 Å². The van der Waals surface area contributed by atoms with Crippen LogP contribution in [0.4, 0.5) is 0 Å². The summed E-state index contributed by atoms with van der Waals surface area (Å²) in [6, 6.07) is 20.2. The number of amides is 1. The van der Waals surface area contributed by atoms with E-state index in [1.807, 2.05) is 58.1 Å². The Morgan fingerprint density at radius 2 is 1.84 bits per heavy atom. The van der Waals surface area contributed by atoms with Crippen molar-refractivity contribution in [2.24, 2.45) is 0 Å². The molecule has 2 aliphatic rings. The number of fused-ring (bicyclic) bond motifs is 2. The normalized spacial score (nSPS) is 22.9. The Hall–Kier alpha value is -3.38. The summed E-state index contributed by atoms with van der Waals surface area (Å²) in [5.41, 5.74) is 3.77. The number of hydrogen-bond donors (Lipinski definition) is 2. The van der Waals surface area contributed by atoms with Crippen molar-refractivity contribution >= 4 is 16.8 Å². The fourth-order valence-electron chi connectivity index (χ4n) is 5.10. The van der Waals surface area contributed by atoms with Gasteiger partial charge in [0.05, 0.1) is 30.6 Å². The first-order valence-electron chi connectivity index (χ1n) is 10.8. The van der Waals surface area contributed by atoms with E-state index in [-0.39, 0.29) is 5.91 Å². The first-order valence-corrected chi connectivity index (χ1v) is 10.8. The molecule has 0 spiro atoms. The van der Waals surface area contributed by atoms with E-state index < -0.39 is 5.60 Å². The lowest BCUT2D eigenvalue weighted by atomic mass is 9.65. The van der Waals surface area contributed by atoms with Gasteiger partial charge >= 0.3 is 0 Å². The number of carbonyl (C=O) groups is 1. The van der Waals surface area contributed by atoms with Crippen LogP contribution in [-0.2, 0) is 18.7 Å². The van der Waals surface area contributed by atoms with E-state index >= 15 is 0 Å². The van der Waals surface area contributed by atoms with Crippen LogP contribution in [0.25, 0.3) is 10.9 Å². The fourth-order valence-corrected chi connectivity index (χ4v) is 5.10. The smallest absolute Gasteiger partial charge is 0.270 e. The quantitative estimate of drug-likeness (QED) is 0.538. The van der Waals surface area contributed by atoms with Gasteiger partial charge in [0.25, 0.3) is 5.91 Å². The van der Waals surface area contributed by atoms with Gasteiger partial charge in [-0.2, -0.15) is 5.10 Å². The molecule has 0 unspecified atom stereocenters. The van der Waals surface area contributed by atoms with Crippen molar-refractivity contribution in [1.29, 1.82) is 0 Å². The molecule has 1 fully saturated rings. The second-order valence-corrected chi connectivity index (χ2v) is 8.77. The zero-order valence-electron chi connectivity index (χ0n) is 17.2. The largest absolute Gasteiger partial charge is 0.385 e. The van der Waals surface area contributed by atoms with Crippen LogP contribution in [0.15, 0.2) is 66.9 Å². The monoisotopic (exact) mass is 412 g/mol. The van der Waals surface area contributed by atoms with Crippen molar-refractivity contribution in [2.45, 2.75) is 37.5 Å². The van der Waals surface area contributed by atoms with Crippen LogP contribution >= 0.6 is 0 Å². The van der Waals surface area contributed by atoms with Gasteiger partial charge in [0.2, 0.25) is 0 Å². The first-order chi connectivity index (χ1) is 15.1. The molecule has 2 aromatic heterocycles. The Labute approximate surface area is 180 Å². The minimum Gasteiger partial charge on any atom is -0.385 e. The summed E-state index contributed by atoms with van der Waals surface area (Å²) in [6.07, 6.45) is 3.17. The number of nitrogens with one attached hydrogen (secondary N) is 1. The van der Waals surface area contributed by atoms with Crippen molar-refractivity contribution in [3.8, 4) is 0 Å². The predicted octanol–water partition coefficient (Wildman–Crippen LogP) is 3.79. The Morgan fingerprint density at radius 1 is 1.06 bits per heavy atom. The molecule has 6 heteroatoms. The van der Waals surface area contributed by atoms with Crippen molar-refractivity contribution in [1.82, 2.24) is 19.7 Å². The molecule has 0 atom stereocenters. The second-order valence-electron chi connectivity index (χ2n) is 8.77. The maximum Gasteiger partial charge on any atom is 0.270 e. The summed E-state index contributed by atoms with van der Waals surface area (Å²) in [7, 11) is 0. The zero-order valence-corrected chi connectivity index (χ0v) is 17.2. The molecular formula is C25H24N4O2. The number of H-pyrrole nitrogens is 1. The van der Waals surface area contributed by atoms with E-state index in [2.05, 4.69) is 22.2 Å². The lowest BCUT2D eigenvalue weighted by Gasteiger charge is -2.44. The lowest BCUT2D eigenvalue weighted by Crippen LogP contribution is -2.43. The maximum atomic E-state index is 13.2. The van der Waals surface area contributed by atoms with Crippen molar-refractivity contribution in [2.75, 3.05) is 6.54 Å². The van der Waals surface area contributed by atoms with Crippen LogP contribution in [0.1, 0.15) is 46.1 Å². The van der Waals surface area contributed by atoms with Gasteiger partial charge in [-0.05, 0) is 36.5 Å². The van der Waals surface area contributed by atoms with E-state index in [9.17, 15) is 9.90 Å². The molecule has 0 radical (unpaired) electrons. The molecule has 1 amide bonds. The molecule has 0 bridgehead atoms. The summed E-state index contributed by atoms with van der Waals surface area (Å²) in [6.45, 7) is 1.70. The number of para-hydroxylation sites is 1. The zero-order chi connectivity index (χ0) is 21.0. The van der Waals surface area contributed by atoms with Crippen LogP contribution in [0.5, 0.6) is 0 Å².